The van der Waals surface area contributed by atoms with Crippen molar-refractivity contribution < 1.29 is 28.3 Å². The van der Waals surface area contributed by atoms with Crippen molar-refractivity contribution in [2.24, 2.45) is 5.16 Å². The predicted octanol–water partition coefficient (Wildman–Crippen LogP) is 5.11. The Morgan fingerprint density at radius 2 is 1.53 bits per heavy atom. The van der Waals surface area contributed by atoms with E-state index >= 15 is 0 Å². The van der Waals surface area contributed by atoms with Gasteiger partial charge < -0.3 is 14.3 Å². The summed E-state index contributed by atoms with van der Waals surface area (Å²) in [5.74, 6) is -1.42. The summed E-state index contributed by atoms with van der Waals surface area (Å²) in [7, 11) is 1.25. The van der Waals surface area contributed by atoms with Crippen LogP contribution in [0.25, 0.3) is 0 Å². The van der Waals surface area contributed by atoms with E-state index in [9.17, 15) is 14.0 Å². The van der Waals surface area contributed by atoms with Crippen molar-refractivity contribution >= 4 is 57.3 Å². The molecular weight excluding hydrogens is 504 g/mol. The number of halogens is 4. The first-order valence-electron chi connectivity index (χ1n) is 8.56. The molecule has 2 aromatic carbocycles. The van der Waals surface area contributed by atoms with E-state index in [1.165, 1.54) is 43.5 Å². The summed E-state index contributed by atoms with van der Waals surface area (Å²) in [6.45, 7) is -0.277. The topological polar surface area (TPSA) is 74.2 Å². The van der Waals surface area contributed by atoms with Gasteiger partial charge in [0.05, 0.1) is 22.2 Å². The van der Waals surface area contributed by atoms with E-state index in [0.717, 1.165) is 6.21 Å². The molecule has 0 heterocycles. The van der Waals surface area contributed by atoms with Crippen LogP contribution in [0.3, 0.4) is 0 Å². The number of oxime groups is 1. The smallest absolute Gasteiger partial charge is 0.338 e. The Balaban J connectivity index is 2.07. The minimum atomic E-state index is -1.83. The van der Waals surface area contributed by atoms with Crippen molar-refractivity contribution in [2.45, 2.75) is 17.1 Å². The van der Waals surface area contributed by atoms with Crippen molar-refractivity contribution in [1.82, 2.24) is 0 Å². The second kappa shape index (κ2) is 11.9. The number of hydrogen-bond donors (Lipinski definition) is 0. The minimum absolute atomic E-state index is 0.179. The van der Waals surface area contributed by atoms with Crippen molar-refractivity contribution in [3.05, 3.63) is 69.7 Å². The number of hydrogen-bond acceptors (Lipinski definition) is 6. The van der Waals surface area contributed by atoms with Crippen LogP contribution in [-0.4, -0.2) is 49.0 Å². The molecule has 0 aromatic heterocycles. The summed E-state index contributed by atoms with van der Waals surface area (Å²) >= 11 is 14.8. The Kier molecular flexibility index (Phi) is 9.55. The molecule has 0 saturated carbocycles. The Morgan fingerprint density at radius 1 is 1.03 bits per heavy atom. The third kappa shape index (κ3) is 7.27. The quantitative estimate of drug-likeness (QED) is 0.199. The van der Waals surface area contributed by atoms with Gasteiger partial charge in [-0.3, -0.25) is 0 Å². The monoisotopic (exact) mass is 519 g/mol. The third-order valence-corrected chi connectivity index (χ3v) is 5.04. The largest absolute Gasteiger partial charge is 0.461 e. The van der Waals surface area contributed by atoms with E-state index in [4.69, 9.17) is 32.7 Å². The maximum atomic E-state index is 14.6. The predicted molar refractivity (Wildman–Crippen MR) is 116 cm³/mol. The maximum absolute atomic E-state index is 14.6. The van der Waals surface area contributed by atoms with Gasteiger partial charge in [0.1, 0.15) is 13.7 Å². The molecule has 0 aliphatic rings. The highest BCUT2D eigenvalue weighted by Gasteiger charge is 2.32. The normalized spacial score (nSPS) is 14.0. The van der Waals surface area contributed by atoms with Crippen LogP contribution in [0.5, 0.6) is 0 Å². The molecule has 0 fully saturated rings. The van der Waals surface area contributed by atoms with Gasteiger partial charge in [-0.2, -0.15) is 0 Å². The number of carbonyl (C=O) groups excluding carboxylic acids is 2. The van der Waals surface area contributed by atoms with Crippen molar-refractivity contribution in [2.75, 3.05) is 13.7 Å². The Morgan fingerprint density at radius 3 is 2.03 bits per heavy atom. The zero-order valence-electron chi connectivity index (χ0n) is 15.6. The first-order chi connectivity index (χ1) is 14.3. The average Bonchev–Trinajstić information content (AvgIpc) is 2.74. The molecule has 0 amide bonds. The highest BCUT2D eigenvalue weighted by atomic mass is 79.9. The number of carbonyl (C=O) groups is 2. The van der Waals surface area contributed by atoms with Crippen LogP contribution in [-0.2, 0) is 14.3 Å². The second-order valence-electron chi connectivity index (χ2n) is 5.88. The summed E-state index contributed by atoms with van der Waals surface area (Å²) in [6, 6.07) is 12.0. The molecule has 0 bridgehead atoms. The molecule has 0 unspecified atom stereocenters. The molecular formula is C20H17BrCl2FNO5. The Hall–Kier alpha value is -2.16. The van der Waals surface area contributed by atoms with Crippen LogP contribution in [0.1, 0.15) is 20.7 Å². The highest BCUT2D eigenvalue weighted by molar-refractivity contribution is 9.09. The first kappa shape index (κ1) is 24.1. The van der Waals surface area contributed by atoms with E-state index in [1.54, 1.807) is 12.1 Å². The molecule has 0 aliphatic carbocycles. The van der Waals surface area contributed by atoms with Gasteiger partial charge in [-0.1, -0.05) is 44.3 Å². The number of alkyl halides is 2. The maximum Gasteiger partial charge on any atom is 0.338 e. The number of ether oxygens (including phenoxy) is 2. The lowest BCUT2D eigenvalue weighted by Crippen LogP contribution is -2.39. The molecule has 160 valence electrons. The Labute approximate surface area is 191 Å². The van der Waals surface area contributed by atoms with Crippen molar-refractivity contribution in [3.8, 4) is 0 Å². The summed E-state index contributed by atoms with van der Waals surface area (Å²) < 4.78 is 25.1. The van der Waals surface area contributed by atoms with Crippen molar-refractivity contribution in [3.63, 3.8) is 0 Å². The molecule has 2 rings (SSSR count). The molecule has 0 N–H and O–H groups in total. The van der Waals surface area contributed by atoms with Gasteiger partial charge in [0.2, 0.25) is 0 Å². The second-order valence-corrected chi connectivity index (χ2v) is 7.93. The van der Waals surface area contributed by atoms with E-state index in [0.29, 0.717) is 10.0 Å². The number of esters is 2. The minimum Gasteiger partial charge on any atom is -0.461 e. The fourth-order valence-corrected chi connectivity index (χ4v) is 3.02. The fourth-order valence-electron chi connectivity index (χ4n) is 2.24. The number of benzene rings is 2. The standard InChI is InChI=1S/C20H17BrCl2FNO5/c1-28-25-10-17(24)18(30-20(27)13-4-8-15(23)9-5-13)16(21)11-29-19(26)12-2-6-14(22)7-3-12/h2-10,16-18H,11H2,1H3/b25-10+/t16-,17+,18+/m0/s1. The highest BCUT2D eigenvalue weighted by Crippen LogP contribution is 2.20. The van der Waals surface area contributed by atoms with E-state index in [1.807, 2.05) is 0 Å². The molecule has 3 atom stereocenters. The van der Waals surface area contributed by atoms with Crippen LogP contribution in [0, 0.1) is 0 Å². The molecule has 0 saturated heterocycles. The van der Waals surface area contributed by atoms with Crippen LogP contribution in [0.15, 0.2) is 53.7 Å². The van der Waals surface area contributed by atoms with Gasteiger partial charge in [-0.25, -0.2) is 14.0 Å². The van der Waals surface area contributed by atoms with E-state index < -0.39 is 29.0 Å². The van der Waals surface area contributed by atoms with Gasteiger partial charge in [-0.15, -0.1) is 0 Å². The molecule has 30 heavy (non-hydrogen) atoms. The van der Waals surface area contributed by atoms with Gasteiger partial charge in [0, 0.05) is 10.0 Å². The van der Waals surface area contributed by atoms with Crippen molar-refractivity contribution in [1.29, 1.82) is 0 Å². The zero-order valence-corrected chi connectivity index (χ0v) is 18.7. The van der Waals surface area contributed by atoms with E-state index in [-0.39, 0.29) is 17.7 Å². The Bertz CT molecular complexity index is 880. The summed E-state index contributed by atoms with van der Waals surface area (Å²) in [4.78, 5) is 28.1. The van der Waals surface area contributed by atoms with Crippen LogP contribution in [0.2, 0.25) is 10.0 Å². The summed E-state index contributed by atoms with van der Waals surface area (Å²) in [5.41, 5.74) is 0.449. The lowest BCUT2D eigenvalue weighted by Gasteiger charge is -2.24. The third-order valence-electron chi connectivity index (χ3n) is 3.76. The molecule has 10 heteroatoms. The van der Waals surface area contributed by atoms with Gasteiger partial charge in [0.15, 0.2) is 12.3 Å². The molecule has 2 aromatic rings. The molecule has 6 nitrogen and oxygen atoms in total. The fraction of sp³-hybridized carbons (Fsp3) is 0.250. The average molecular weight is 521 g/mol. The SMILES string of the molecule is CO/N=C/[C@@H](F)[C@H](OC(=O)c1ccc(Cl)cc1)[C@@H](Br)COC(=O)c1ccc(Cl)cc1. The van der Waals surface area contributed by atoms with Gasteiger partial charge in [0.25, 0.3) is 0 Å². The van der Waals surface area contributed by atoms with Gasteiger partial charge in [-0.05, 0) is 48.5 Å². The van der Waals surface area contributed by atoms with E-state index in [2.05, 4.69) is 25.9 Å². The first-order valence-corrected chi connectivity index (χ1v) is 10.2. The number of rotatable bonds is 9. The van der Waals surface area contributed by atoms with Crippen LogP contribution < -0.4 is 0 Å². The molecule has 0 spiro atoms. The lowest BCUT2D eigenvalue weighted by molar-refractivity contribution is 0.00846. The summed E-state index contributed by atoms with van der Waals surface area (Å²) in [5, 5.41) is 4.27. The zero-order chi connectivity index (χ0) is 22.1. The van der Waals surface area contributed by atoms with Crippen LogP contribution >= 0.6 is 39.1 Å². The molecule has 0 radical (unpaired) electrons. The molecule has 0 aliphatic heterocycles. The van der Waals surface area contributed by atoms with Crippen LogP contribution in [0.4, 0.5) is 4.39 Å². The number of nitrogens with zero attached hydrogens (tertiary/aromatic N) is 1. The summed E-state index contributed by atoms with van der Waals surface area (Å²) in [6.07, 6.45) is -2.35. The van der Waals surface area contributed by atoms with Gasteiger partial charge >= 0.3 is 11.9 Å². The lowest BCUT2D eigenvalue weighted by atomic mass is 10.1.